The van der Waals surface area contributed by atoms with E-state index in [1.807, 2.05) is 0 Å². The smallest absolute Gasteiger partial charge is 0.0388 e. The molecule has 1 saturated carbocycles. The molecule has 0 aromatic heterocycles. The van der Waals surface area contributed by atoms with Gasteiger partial charge in [-0.3, -0.25) is 0 Å². The largest absolute Gasteiger partial charge is 0.0654 e. The minimum atomic E-state index is 1.01. The molecule has 0 amide bonds. The molecule has 0 bridgehead atoms. The van der Waals surface area contributed by atoms with Crippen molar-refractivity contribution in [2.75, 3.05) is 0 Å². The van der Waals surface area contributed by atoms with Crippen LogP contribution < -0.4 is 0 Å². The summed E-state index contributed by atoms with van der Waals surface area (Å²) in [5.41, 5.74) is 0. The van der Waals surface area contributed by atoms with Crippen molar-refractivity contribution in [2.45, 2.75) is 136 Å². The summed E-state index contributed by atoms with van der Waals surface area (Å²) in [5, 5.41) is 0. The molecule has 0 radical (unpaired) electrons. The van der Waals surface area contributed by atoms with Gasteiger partial charge >= 0.3 is 0 Å². The Morgan fingerprint density at radius 1 is 0.609 bits per heavy atom. The first kappa shape index (κ1) is 21.0. The van der Waals surface area contributed by atoms with Crippen LogP contribution in [0.3, 0.4) is 0 Å². The Hall–Kier alpha value is 0. The van der Waals surface area contributed by atoms with Crippen LogP contribution in [0.15, 0.2) is 0 Å². The van der Waals surface area contributed by atoms with Crippen molar-refractivity contribution in [1.29, 1.82) is 0 Å². The van der Waals surface area contributed by atoms with Crippen molar-refractivity contribution in [2.24, 2.45) is 11.8 Å². The zero-order valence-corrected chi connectivity index (χ0v) is 16.6. The molecule has 0 aliphatic heterocycles. The Morgan fingerprint density at radius 2 is 1.00 bits per heavy atom. The van der Waals surface area contributed by atoms with Crippen LogP contribution in [0.25, 0.3) is 0 Å². The summed E-state index contributed by atoms with van der Waals surface area (Å²) in [6.07, 6.45) is 28.3. The number of hydrogen-bond acceptors (Lipinski definition) is 0. The van der Waals surface area contributed by atoms with Crippen LogP contribution in [0, 0.1) is 11.8 Å². The third-order valence-electron chi connectivity index (χ3n) is 6.22. The Labute approximate surface area is 148 Å². The van der Waals surface area contributed by atoms with Crippen LogP contribution >= 0.6 is 0 Å². The van der Waals surface area contributed by atoms with Crippen LogP contribution in [0.2, 0.25) is 0 Å². The standard InChI is InChI=1S/C23H46/c1-3-4-5-6-7-8-9-10-11-12-13-14-15-16-19-22(2)23-20-17-18-21-23/h22-23H,3-21H2,1-2H3. The average Bonchev–Trinajstić information content (AvgIpc) is 3.09. The van der Waals surface area contributed by atoms with E-state index in [-0.39, 0.29) is 0 Å². The molecule has 1 rings (SSSR count). The van der Waals surface area contributed by atoms with Crippen molar-refractivity contribution in [3.63, 3.8) is 0 Å². The number of hydrogen-bond donors (Lipinski definition) is 0. The van der Waals surface area contributed by atoms with Gasteiger partial charge in [0.25, 0.3) is 0 Å². The lowest BCUT2D eigenvalue weighted by Crippen LogP contribution is -2.07. The van der Waals surface area contributed by atoms with Gasteiger partial charge in [-0.05, 0) is 11.8 Å². The molecule has 0 N–H and O–H groups in total. The lowest BCUT2D eigenvalue weighted by atomic mass is 9.88. The zero-order chi connectivity index (χ0) is 16.6. The highest BCUT2D eigenvalue weighted by Gasteiger charge is 2.20. The molecule has 1 aliphatic rings. The molecule has 23 heavy (non-hydrogen) atoms. The molecule has 0 nitrogen and oxygen atoms in total. The predicted octanol–water partition coefficient (Wildman–Crippen LogP) is 8.68. The summed E-state index contributed by atoms with van der Waals surface area (Å²) in [5.74, 6) is 2.09. The molecule has 0 aromatic rings. The quantitative estimate of drug-likeness (QED) is 0.249. The first-order valence-corrected chi connectivity index (χ1v) is 11.3. The molecule has 1 unspecified atom stereocenters. The summed E-state index contributed by atoms with van der Waals surface area (Å²) < 4.78 is 0. The van der Waals surface area contributed by atoms with Crippen molar-refractivity contribution in [3.8, 4) is 0 Å². The Kier molecular flexibility index (Phi) is 14.2. The van der Waals surface area contributed by atoms with E-state index in [4.69, 9.17) is 0 Å². The monoisotopic (exact) mass is 322 g/mol. The van der Waals surface area contributed by atoms with E-state index in [0.29, 0.717) is 0 Å². The number of unbranched alkanes of at least 4 members (excludes halogenated alkanes) is 13. The van der Waals surface area contributed by atoms with Gasteiger partial charge in [0, 0.05) is 0 Å². The van der Waals surface area contributed by atoms with Crippen LogP contribution in [0.5, 0.6) is 0 Å². The van der Waals surface area contributed by atoms with Crippen LogP contribution in [-0.2, 0) is 0 Å². The van der Waals surface area contributed by atoms with E-state index in [1.165, 1.54) is 122 Å². The fourth-order valence-corrected chi connectivity index (χ4v) is 4.42. The fourth-order valence-electron chi connectivity index (χ4n) is 4.42. The van der Waals surface area contributed by atoms with Gasteiger partial charge in [-0.25, -0.2) is 0 Å². The number of rotatable bonds is 16. The topological polar surface area (TPSA) is 0 Å². The summed E-state index contributed by atoms with van der Waals surface area (Å²) in [6.45, 7) is 4.81. The van der Waals surface area contributed by atoms with E-state index in [0.717, 1.165) is 11.8 Å². The Bertz CT molecular complexity index is 226. The summed E-state index contributed by atoms with van der Waals surface area (Å²) in [6, 6.07) is 0. The first-order valence-electron chi connectivity index (χ1n) is 11.3. The van der Waals surface area contributed by atoms with Crippen molar-refractivity contribution < 1.29 is 0 Å². The van der Waals surface area contributed by atoms with E-state index < -0.39 is 0 Å². The van der Waals surface area contributed by atoms with Gasteiger partial charge in [-0.1, -0.05) is 136 Å². The molecule has 0 heteroatoms. The molecule has 0 aromatic carbocycles. The zero-order valence-electron chi connectivity index (χ0n) is 16.6. The van der Waals surface area contributed by atoms with E-state index in [2.05, 4.69) is 13.8 Å². The van der Waals surface area contributed by atoms with Gasteiger partial charge < -0.3 is 0 Å². The lowest BCUT2D eigenvalue weighted by Gasteiger charge is -2.18. The van der Waals surface area contributed by atoms with Crippen LogP contribution in [-0.4, -0.2) is 0 Å². The first-order chi connectivity index (χ1) is 11.3. The Morgan fingerprint density at radius 3 is 1.43 bits per heavy atom. The van der Waals surface area contributed by atoms with Crippen molar-refractivity contribution in [3.05, 3.63) is 0 Å². The second-order valence-electron chi connectivity index (χ2n) is 8.41. The minimum Gasteiger partial charge on any atom is -0.0654 e. The molecule has 1 atom stereocenters. The summed E-state index contributed by atoms with van der Waals surface area (Å²) >= 11 is 0. The summed E-state index contributed by atoms with van der Waals surface area (Å²) in [7, 11) is 0. The van der Waals surface area contributed by atoms with Crippen LogP contribution in [0.4, 0.5) is 0 Å². The second kappa shape index (κ2) is 15.5. The van der Waals surface area contributed by atoms with Gasteiger partial charge in [0.2, 0.25) is 0 Å². The maximum absolute atomic E-state index is 2.51. The average molecular weight is 323 g/mol. The van der Waals surface area contributed by atoms with E-state index in [1.54, 1.807) is 0 Å². The molecule has 1 fully saturated rings. The van der Waals surface area contributed by atoms with Crippen molar-refractivity contribution >= 4 is 0 Å². The molecule has 1 aliphatic carbocycles. The maximum atomic E-state index is 2.51. The van der Waals surface area contributed by atoms with Crippen molar-refractivity contribution in [1.82, 2.24) is 0 Å². The highest BCUT2D eigenvalue weighted by Crippen LogP contribution is 2.33. The minimum absolute atomic E-state index is 1.01. The fraction of sp³-hybridized carbons (Fsp3) is 1.00. The predicted molar refractivity (Wildman–Crippen MR) is 106 cm³/mol. The van der Waals surface area contributed by atoms with Crippen LogP contribution in [0.1, 0.15) is 136 Å². The third kappa shape index (κ3) is 12.1. The molecular weight excluding hydrogens is 276 g/mol. The normalized spacial score (nSPS) is 17.0. The van der Waals surface area contributed by atoms with Gasteiger partial charge in [-0.2, -0.15) is 0 Å². The van der Waals surface area contributed by atoms with Gasteiger partial charge in [-0.15, -0.1) is 0 Å². The van der Waals surface area contributed by atoms with E-state index in [9.17, 15) is 0 Å². The molecule has 0 saturated heterocycles. The summed E-state index contributed by atoms with van der Waals surface area (Å²) in [4.78, 5) is 0. The molecule has 0 heterocycles. The van der Waals surface area contributed by atoms with Gasteiger partial charge in [0.1, 0.15) is 0 Å². The van der Waals surface area contributed by atoms with Gasteiger partial charge in [0.15, 0.2) is 0 Å². The van der Waals surface area contributed by atoms with E-state index >= 15 is 0 Å². The molecule has 138 valence electrons. The molecule has 0 spiro atoms. The second-order valence-corrected chi connectivity index (χ2v) is 8.41. The maximum Gasteiger partial charge on any atom is -0.0388 e. The Balaban J connectivity index is 1.71. The highest BCUT2D eigenvalue weighted by atomic mass is 14.3. The SMILES string of the molecule is CCCCCCCCCCCCCCCCC(C)C1CCCC1. The third-order valence-corrected chi connectivity index (χ3v) is 6.22. The van der Waals surface area contributed by atoms with Gasteiger partial charge in [0.05, 0.1) is 0 Å². The molecular formula is C23H46. The highest BCUT2D eigenvalue weighted by molar-refractivity contribution is 4.72. The lowest BCUT2D eigenvalue weighted by molar-refractivity contribution is 0.333.